The molecule has 0 fully saturated rings. The van der Waals surface area contributed by atoms with Crippen molar-refractivity contribution in [2.45, 2.75) is 13.0 Å². The molecular formula is C18H14BrClFN3O4. The number of carbonyl (C=O) groups excluding carboxylic acids is 1. The molecule has 0 saturated heterocycles. The second-order valence-electron chi connectivity index (χ2n) is 5.80. The van der Waals surface area contributed by atoms with E-state index >= 15 is 4.39 Å². The Kier molecular flexibility index (Phi) is 5.85. The normalized spacial score (nSPS) is 10.9. The fourth-order valence-electron chi connectivity index (χ4n) is 2.67. The molecule has 0 unspecified atom stereocenters. The summed E-state index contributed by atoms with van der Waals surface area (Å²) >= 11 is 9.47. The molecule has 0 spiro atoms. The van der Waals surface area contributed by atoms with Crippen LogP contribution in [0.15, 0.2) is 35.1 Å². The van der Waals surface area contributed by atoms with Gasteiger partial charge in [-0.3, -0.25) is 4.79 Å². The van der Waals surface area contributed by atoms with Gasteiger partial charge in [0.15, 0.2) is 5.82 Å². The molecule has 0 amide bonds. The predicted molar refractivity (Wildman–Crippen MR) is 106 cm³/mol. The lowest BCUT2D eigenvalue weighted by Gasteiger charge is -2.14. The molecule has 10 heteroatoms. The molecule has 1 heterocycles. The molecule has 7 nitrogen and oxygen atoms in total. The molecule has 0 saturated carbocycles. The number of benzene rings is 2. The zero-order chi connectivity index (χ0) is 20.4. The van der Waals surface area contributed by atoms with E-state index in [4.69, 9.17) is 21.4 Å². The summed E-state index contributed by atoms with van der Waals surface area (Å²) in [6, 6.07) is 6.37. The first kappa shape index (κ1) is 20.1. The number of hydrogen-bond donors (Lipinski definition) is 2. The van der Waals surface area contributed by atoms with Crippen molar-refractivity contribution in [3.05, 3.63) is 51.5 Å². The van der Waals surface area contributed by atoms with Gasteiger partial charge in [-0.25, -0.2) is 14.2 Å². The molecular weight excluding hydrogens is 457 g/mol. The summed E-state index contributed by atoms with van der Waals surface area (Å²) in [6.45, 7) is 0.0806. The van der Waals surface area contributed by atoms with Gasteiger partial charge < -0.3 is 19.7 Å². The summed E-state index contributed by atoms with van der Waals surface area (Å²) in [5.41, 5.74) is 0.467. The number of rotatable bonds is 6. The summed E-state index contributed by atoms with van der Waals surface area (Å²) in [7, 11) is 1.18. The van der Waals surface area contributed by atoms with Crippen molar-refractivity contribution in [3.63, 3.8) is 0 Å². The lowest BCUT2D eigenvalue weighted by atomic mass is 10.1. The third-order valence-electron chi connectivity index (χ3n) is 4.02. The first-order chi connectivity index (χ1) is 13.3. The Hall–Kier alpha value is -2.65. The molecule has 3 aromatic rings. The largest absolute Gasteiger partial charge is 0.481 e. The molecule has 2 aromatic carbocycles. The highest BCUT2D eigenvalue weighted by molar-refractivity contribution is 9.10. The van der Waals surface area contributed by atoms with Gasteiger partial charge in [0.1, 0.15) is 5.52 Å². The van der Waals surface area contributed by atoms with Gasteiger partial charge in [-0.15, -0.1) is 0 Å². The lowest BCUT2D eigenvalue weighted by molar-refractivity contribution is -0.137. The number of carbonyl (C=O) groups is 2. The van der Waals surface area contributed by atoms with Crippen molar-refractivity contribution in [1.82, 2.24) is 9.55 Å². The standard InChI is InChI=1S/C18H14BrClFN3O4/c1-28-18(27)10-7-13-17(22-8-24(13)5-4-14(25)26)15(21)16(10)23-12-3-2-9(19)6-11(12)20/h2-3,6-8,23H,4-5H2,1H3,(H,25,26). The van der Waals surface area contributed by atoms with Gasteiger partial charge in [0.05, 0.1) is 47.3 Å². The van der Waals surface area contributed by atoms with Crippen molar-refractivity contribution < 1.29 is 23.8 Å². The lowest BCUT2D eigenvalue weighted by Crippen LogP contribution is -2.09. The van der Waals surface area contributed by atoms with Crippen molar-refractivity contribution in [2.24, 2.45) is 0 Å². The van der Waals surface area contributed by atoms with Crippen LogP contribution in [0.5, 0.6) is 0 Å². The second-order valence-corrected chi connectivity index (χ2v) is 7.13. The average molecular weight is 471 g/mol. The fourth-order valence-corrected chi connectivity index (χ4v) is 3.39. The Morgan fingerprint density at radius 2 is 2.14 bits per heavy atom. The molecule has 28 heavy (non-hydrogen) atoms. The van der Waals surface area contributed by atoms with E-state index in [9.17, 15) is 9.59 Å². The summed E-state index contributed by atoms with van der Waals surface area (Å²) in [4.78, 5) is 27.1. The maximum atomic E-state index is 15.2. The van der Waals surface area contributed by atoms with Gasteiger partial charge >= 0.3 is 11.9 Å². The number of halogens is 3. The van der Waals surface area contributed by atoms with Crippen LogP contribution < -0.4 is 5.32 Å². The number of nitrogens with one attached hydrogen (secondary N) is 1. The average Bonchev–Trinajstić information content (AvgIpc) is 3.06. The molecule has 3 rings (SSSR count). The minimum absolute atomic E-state index is 0.00576. The van der Waals surface area contributed by atoms with Gasteiger partial charge in [0, 0.05) is 11.0 Å². The van der Waals surface area contributed by atoms with E-state index in [1.54, 1.807) is 18.2 Å². The number of carboxylic acid groups (broad SMARTS) is 1. The number of carboxylic acids is 1. The molecule has 0 aliphatic rings. The monoisotopic (exact) mass is 469 g/mol. The van der Waals surface area contributed by atoms with Crippen LogP contribution in [0.1, 0.15) is 16.8 Å². The highest BCUT2D eigenvalue weighted by Crippen LogP contribution is 2.34. The zero-order valence-corrected chi connectivity index (χ0v) is 16.8. The maximum Gasteiger partial charge on any atom is 0.340 e. The minimum Gasteiger partial charge on any atom is -0.481 e. The molecule has 0 radical (unpaired) electrons. The molecule has 0 aliphatic heterocycles. The van der Waals surface area contributed by atoms with E-state index in [-0.39, 0.29) is 35.2 Å². The number of aliphatic carboxylic acids is 1. The number of aryl methyl sites for hydroxylation is 1. The van der Waals surface area contributed by atoms with E-state index in [0.29, 0.717) is 10.7 Å². The van der Waals surface area contributed by atoms with E-state index in [1.165, 1.54) is 24.1 Å². The molecule has 0 bridgehead atoms. The molecule has 2 N–H and O–H groups in total. The van der Waals surface area contributed by atoms with Gasteiger partial charge in [0.25, 0.3) is 0 Å². The highest BCUT2D eigenvalue weighted by atomic mass is 79.9. The van der Waals surface area contributed by atoms with Gasteiger partial charge in [-0.05, 0) is 24.3 Å². The number of aromatic nitrogens is 2. The second kappa shape index (κ2) is 8.15. The van der Waals surface area contributed by atoms with Crippen molar-refractivity contribution in [1.29, 1.82) is 0 Å². The number of methoxy groups -OCH3 is 1. The van der Waals surface area contributed by atoms with Crippen LogP contribution in [0.25, 0.3) is 11.0 Å². The molecule has 0 atom stereocenters. The minimum atomic E-state index is -1.00. The summed E-state index contributed by atoms with van der Waals surface area (Å²) < 4.78 is 22.2. The van der Waals surface area contributed by atoms with Gasteiger partial charge in [0.2, 0.25) is 0 Å². The van der Waals surface area contributed by atoms with Crippen LogP contribution >= 0.6 is 27.5 Å². The third kappa shape index (κ3) is 3.95. The van der Waals surface area contributed by atoms with Crippen molar-refractivity contribution in [2.75, 3.05) is 12.4 Å². The van der Waals surface area contributed by atoms with E-state index in [2.05, 4.69) is 26.2 Å². The Morgan fingerprint density at radius 1 is 1.39 bits per heavy atom. The maximum absolute atomic E-state index is 15.2. The summed E-state index contributed by atoms with van der Waals surface area (Å²) in [5.74, 6) is -2.54. The van der Waals surface area contributed by atoms with Crippen molar-refractivity contribution >= 4 is 61.9 Å². The smallest absolute Gasteiger partial charge is 0.340 e. The fraction of sp³-hybridized carbons (Fsp3) is 0.167. The van der Waals surface area contributed by atoms with Crippen LogP contribution in [0, 0.1) is 5.82 Å². The molecule has 1 aromatic heterocycles. The Labute approximate surface area is 172 Å². The Morgan fingerprint density at radius 3 is 2.79 bits per heavy atom. The number of esters is 1. The summed E-state index contributed by atoms with van der Waals surface area (Å²) in [5, 5.41) is 12.0. The Balaban J connectivity index is 2.14. The number of nitrogens with zero attached hydrogens (tertiary/aromatic N) is 2. The first-order valence-electron chi connectivity index (χ1n) is 8.01. The predicted octanol–water partition coefficient (Wildman–Crippen LogP) is 4.60. The van der Waals surface area contributed by atoms with Crippen LogP contribution in [0.2, 0.25) is 5.02 Å². The van der Waals surface area contributed by atoms with Crippen LogP contribution in [-0.4, -0.2) is 33.7 Å². The summed E-state index contributed by atoms with van der Waals surface area (Å²) in [6.07, 6.45) is 1.16. The highest BCUT2D eigenvalue weighted by Gasteiger charge is 2.23. The van der Waals surface area contributed by atoms with Gasteiger partial charge in [-0.1, -0.05) is 27.5 Å². The SMILES string of the molecule is COC(=O)c1cc2c(ncn2CCC(=O)O)c(F)c1Nc1ccc(Br)cc1Cl. The van der Waals surface area contributed by atoms with Crippen molar-refractivity contribution in [3.8, 4) is 0 Å². The number of ether oxygens (including phenoxy) is 1. The zero-order valence-electron chi connectivity index (χ0n) is 14.5. The number of anilines is 2. The Bertz CT molecular complexity index is 1090. The van der Waals surface area contributed by atoms with Crippen LogP contribution in [0.4, 0.5) is 15.8 Å². The quantitative estimate of drug-likeness (QED) is 0.512. The first-order valence-corrected chi connectivity index (χ1v) is 9.18. The van der Waals surface area contributed by atoms with Crippen LogP contribution in [0.3, 0.4) is 0 Å². The third-order valence-corrected chi connectivity index (χ3v) is 4.82. The number of imidazole rings is 1. The van der Waals surface area contributed by atoms with E-state index in [1.807, 2.05) is 0 Å². The number of fused-ring (bicyclic) bond motifs is 1. The van der Waals surface area contributed by atoms with Crippen LogP contribution in [-0.2, 0) is 16.1 Å². The van der Waals surface area contributed by atoms with E-state index in [0.717, 1.165) is 4.47 Å². The van der Waals surface area contributed by atoms with E-state index < -0.39 is 17.8 Å². The molecule has 0 aliphatic carbocycles. The van der Waals surface area contributed by atoms with Gasteiger partial charge in [-0.2, -0.15) is 0 Å². The number of hydrogen-bond acceptors (Lipinski definition) is 5. The topological polar surface area (TPSA) is 93.5 Å². The molecule has 146 valence electrons.